The summed E-state index contributed by atoms with van der Waals surface area (Å²) < 4.78 is 18.2. The highest BCUT2D eigenvalue weighted by Crippen LogP contribution is 2.33. The van der Waals surface area contributed by atoms with Crippen molar-refractivity contribution in [3.63, 3.8) is 0 Å². The molecule has 2 aromatic rings. The van der Waals surface area contributed by atoms with Crippen molar-refractivity contribution < 1.29 is 14.0 Å². The maximum atomic E-state index is 5.89. The zero-order valence-corrected chi connectivity index (χ0v) is 15.1. The summed E-state index contributed by atoms with van der Waals surface area (Å²) >= 11 is 0. The van der Waals surface area contributed by atoms with Gasteiger partial charge in [-0.3, -0.25) is 4.90 Å². The lowest BCUT2D eigenvalue weighted by Gasteiger charge is -2.31. The van der Waals surface area contributed by atoms with E-state index in [-0.39, 0.29) is 6.10 Å². The molecule has 1 atom stereocenters. The molecule has 10 nitrogen and oxygen atoms in total. The van der Waals surface area contributed by atoms with Gasteiger partial charge in [-0.25, -0.2) is 4.68 Å². The van der Waals surface area contributed by atoms with Crippen LogP contribution in [0.2, 0.25) is 0 Å². The lowest BCUT2D eigenvalue weighted by molar-refractivity contribution is -0.0405. The Labute approximate surface area is 151 Å². The summed E-state index contributed by atoms with van der Waals surface area (Å²) in [6.45, 7) is 3.95. The first-order valence-corrected chi connectivity index (χ1v) is 9.25. The van der Waals surface area contributed by atoms with Crippen LogP contribution in [-0.4, -0.2) is 68.7 Å². The molecule has 2 aromatic heterocycles. The lowest BCUT2D eigenvalue weighted by atomic mass is 10.1. The van der Waals surface area contributed by atoms with Crippen molar-refractivity contribution in [1.29, 1.82) is 0 Å². The van der Waals surface area contributed by atoms with Crippen molar-refractivity contribution in [2.45, 2.75) is 50.8 Å². The number of methoxy groups -OCH3 is 1. The highest BCUT2D eigenvalue weighted by molar-refractivity contribution is 4.98. The molecule has 0 spiro atoms. The minimum Gasteiger partial charge on any atom is -0.383 e. The maximum Gasteiger partial charge on any atom is 0.229 e. The molecule has 1 unspecified atom stereocenters. The second-order valence-corrected chi connectivity index (χ2v) is 6.88. The van der Waals surface area contributed by atoms with Crippen molar-refractivity contribution in [2.75, 3.05) is 33.4 Å². The predicted octanol–water partition coefficient (Wildman–Crippen LogP) is 0.934. The zero-order valence-electron chi connectivity index (χ0n) is 15.1. The van der Waals surface area contributed by atoms with Gasteiger partial charge in [0, 0.05) is 26.1 Å². The smallest absolute Gasteiger partial charge is 0.229 e. The molecule has 1 saturated carbocycles. The molecule has 1 aliphatic carbocycles. The Bertz CT molecular complexity index is 698. The Hall–Kier alpha value is -1.91. The average Bonchev–Trinajstić information content (AvgIpc) is 3.41. The van der Waals surface area contributed by atoms with E-state index in [4.69, 9.17) is 14.0 Å². The topological polar surface area (TPSA) is 104 Å². The molecule has 0 N–H and O–H groups in total. The van der Waals surface area contributed by atoms with E-state index in [1.165, 1.54) is 12.8 Å². The summed E-state index contributed by atoms with van der Waals surface area (Å²) in [5.41, 5.74) is 0. The van der Waals surface area contributed by atoms with Crippen LogP contribution in [0.15, 0.2) is 4.52 Å². The van der Waals surface area contributed by atoms with E-state index in [0.29, 0.717) is 38.8 Å². The molecule has 26 heavy (non-hydrogen) atoms. The highest BCUT2D eigenvalue weighted by Gasteiger charge is 2.28. The number of tetrazole rings is 1. The number of hydrogen-bond donors (Lipinski definition) is 0. The molecule has 3 heterocycles. The van der Waals surface area contributed by atoms with Gasteiger partial charge in [-0.1, -0.05) is 18.0 Å². The summed E-state index contributed by atoms with van der Waals surface area (Å²) in [6, 6.07) is 0. The van der Waals surface area contributed by atoms with Gasteiger partial charge in [0.1, 0.15) is 6.10 Å². The molecular weight excluding hydrogens is 338 g/mol. The van der Waals surface area contributed by atoms with Gasteiger partial charge in [0.05, 0.1) is 26.3 Å². The van der Waals surface area contributed by atoms with Crippen molar-refractivity contribution in [1.82, 2.24) is 35.2 Å². The quantitative estimate of drug-likeness (QED) is 0.710. The minimum atomic E-state index is -0.170. The van der Waals surface area contributed by atoms with Crippen molar-refractivity contribution in [2.24, 2.45) is 0 Å². The minimum absolute atomic E-state index is 0.170. The molecule has 142 valence electrons. The molecule has 2 fully saturated rings. The van der Waals surface area contributed by atoms with Gasteiger partial charge in [0.25, 0.3) is 0 Å². The first kappa shape index (κ1) is 17.5. The third kappa shape index (κ3) is 3.92. The highest BCUT2D eigenvalue weighted by atomic mass is 16.5. The number of hydrogen-bond acceptors (Lipinski definition) is 9. The second-order valence-electron chi connectivity index (χ2n) is 6.88. The number of rotatable bonds is 7. The number of aromatic nitrogens is 6. The Morgan fingerprint density at radius 2 is 2.15 bits per heavy atom. The largest absolute Gasteiger partial charge is 0.383 e. The Morgan fingerprint density at radius 1 is 1.27 bits per heavy atom. The van der Waals surface area contributed by atoms with Crippen molar-refractivity contribution in [3.05, 3.63) is 17.5 Å². The van der Waals surface area contributed by atoms with E-state index in [1.807, 2.05) is 0 Å². The van der Waals surface area contributed by atoms with Gasteiger partial charge in [0.15, 0.2) is 11.6 Å². The molecule has 0 amide bonds. The molecule has 1 saturated heterocycles. The summed E-state index contributed by atoms with van der Waals surface area (Å²) in [5.74, 6) is 2.71. The van der Waals surface area contributed by atoms with Gasteiger partial charge in [-0.05, 0) is 23.3 Å². The Kier molecular flexibility index (Phi) is 5.51. The molecule has 4 rings (SSSR count). The monoisotopic (exact) mass is 363 g/mol. The van der Waals surface area contributed by atoms with E-state index in [0.717, 1.165) is 36.9 Å². The number of morpholine rings is 1. The maximum absolute atomic E-state index is 5.89. The molecule has 0 aromatic carbocycles. The van der Waals surface area contributed by atoms with E-state index >= 15 is 0 Å². The zero-order chi connectivity index (χ0) is 17.8. The first-order valence-electron chi connectivity index (χ1n) is 9.25. The molecule has 10 heteroatoms. The van der Waals surface area contributed by atoms with Crippen LogP contribution in [0.1, 0.15) is 55.2 Å². The fraction of sp³-hybridized carbons (Fsp3) is 0.812. The fourth-order valence-corrected chi connectivity index (χ4v) is 3.65. The van der Waals surface area contributed by atoms with Crippen LogP contribution in [0, 0.1) is 0 Å². The first-order chi connectivity index (χ1) is 12.8. The van der Waals surface area contributed by atoms with E-state index in [9.17, 15) is 0 Å². The summed E-state index contributed by atoms with van der Waals surface area (Å²) in [6.07, 6.45) is 4.66. The van der Waals surface area contributed by atoms with E-state index in [1.54, 1.807) is 11.8 Å². The van der Waals surface area contributed by atoms with Crippen LogP contribution in [-0.2, 0) is 22.6 Å². The third-order valence-corrected chi connectivity index (χ3v) is 5.06. The van der Waals surface area contributed by atoms with Gasteiger partial charge < -0.3 is 14.0 Å². The molecule has 1 aliphatic heterocycles. The van der Waals surface area contributed by atoms with Crippen LogP contribution in [0.5, 0.6) is 0 Å². The third-order valence-electron chi connectivity index (χ3n) is 5.06. The molecule has 2 aliphatic rings. The second kappa shape index (κ2) is 8.19. The predicted molar refractivity (Wildman–Crippen MR) is 89.2 cm³/mol. The van der Waals surface area contributed by atoms with Crippen LogP contribution in [0.4, 0.5) is 0 Å². The van der Waals surface area contributed by atoms with E-state index in [2.05, 4.69) is 30.6 Å². The van der Waals surface area contributed by atoms with Crippen LogP contribution < -0.4 is 0 Å². The number of ether oxygens (including phenoxy) is 2. The number of nitrogens with zero attached hydrogens (tertiary/aromatic N) is 7. The Morgan fingerprint density at radius 3 is 3.00 bits per heavy atom. The van der Waals surface area contributed by atoms with Crippen molar-refractivity contribution in [3.8, 4) is 0 Å². The molecule has 0 radical (unpaired) electrons. The molecule has 0 bridgehead atoms. The van der Waals surface area contributed by atoms with Crippen molar-refractivity contribution >= 4 is 0 Å². The summed E-state index contributed by atoms with van der Waals surface area (Å²) in [4.78, 5) is 6.87. The normalized spacial score (nSPS) is 22.3. The Balaban J connectivity index is 1.37. The summed E-state index contributed by atoms with van der Waals surface area (Å²) in [7, 11) is 1.66. The fourth-order valence-electron chi connectivity index (χ4n) is 3.65. The standard InChI is InChI=1S/C16H25N7O3/c1-24-8-7-23-15(18-20-21-23)13-10-22(6-9-25-13)11-14-17-16(26-19-14)12-4-2-3-5-12/h12-13H,2-11H2,1H3. The average molecular weight is 363 g/mol. The lowest BCUT2D eigenvalue weighted by Crippen LogP contribution is -2.39. The van der Waals surface area contributed by atoms with Gasteiger partial charge in [-0.15, -0.1) is 5.10 Å². The van der Waals surface area contributed by atoms with Gasteiger partial charge >= 0.3 is 0 Å². The summed E-state index contributed by atoms with van der Waals surface area (Å²) in [5, 5.41) is 16.1. The van der Waals surface area contributed by atoms with Crippen LogP contribution in [0.25, 0.3) is 0 Å². The van der Waals surface area contributed by atoms with Gasteiger partial charge in [-0.2, -0.15) is 4.98 Å². The SMILES string of the molecule is COCCn1nnnc1C1CN(Cc2noc(C3CCCC3)n2)CCO1. The van der Waals surface area contributed by atoms with E-state index < -0.39 is 0 Å². The van der Waals surface area contributed by atoms with Crippen LogP contribution >= 0.6 is 0 Å². The van der Waals surface area contributed by atoms with Gasteiger partial charge in [0.2, 0.25) is 5.89 Å². The molecular formula is C16H25N7O3. The van der Waals surface area contributed by atoms with Crippen LogP contribution in [0.3, 0.4) is 0 Å².